The molecule has 112 valence electrons. The number of aliphatic imine (C=N–C) groups is 1. The van der Waals surface area contributed by atoms with Crippen molar-refractivity contribution in [3.63, 3.8) is 0 Å². The molecule has 21 heavy (non-hydrogen) atoms. The Morgan fingerprint density at radius 1 is 1.33 bits per heavy atom. The molecule has 8 heteroatoms. The highest BCUT2D eigenvalue weighted by molar-refractivity contribution is 8.07. The molecule has 3 rings (SSSR count). The lowest BCUT2D eigenvalue weighted by Gasteiger charge is -2.12. The summed E-state index contributed by atoms with van der Waals surface area (Å²) in [5.41, 5.74) is 3.62. The summed E-state index contributed by atoms with van der Waals surface area (Å²) in [4.78, 5) is 4.02. The molecular weight excluding hydrogens is 314 g/mol. The van der Waals surface area contributed by atoms with Crippen LogP contribution in [0.4, 0.5) is 0 Å². The van der Waals surface area contributed by atoms with Gasteiger partial charge < -0.3 is 10.2 Å². The predicted molar refractivity (Wildman–Crippen MR) is 81.7 cm³/mol. The first-order valence-corrected chi connectivity index (χ1v) is 8.54. The average Bonchev–Trinajstić information content (AvgIpc) is 3.10. The van der Waals surface area contributed by atoms with Crippen LogP contribution in [0.2, 0.25) is 5.02 Å². The number of nitrogens with one attached hydrogen (secondary N) is 1. The Kier molecular flexibility index (Phi) is 3.86. The van der Waals surface area contributed by atoms with Gasteiger partial charge in [0.1, 0.15) is 12.4 Å². The van der Waals surface area contributed by atoms with Crippen molar-refractivity contribution in [3.8, 4) is 0 Å². The van der Waals surface area contributed by atoms with E-state index in [0.717, 1.165) is 5.56 Å². The molecule has 0 spiro atoms. The van der Waals surface area contributed by atoms with Gasteiger partial charge >= 0.3 is 0 Å². The maximum Gasteiger partial charge on any atom is 0.203 e. The van der Waals surface area contributed by atoms with Crippen LogP contribution in [0.5, 0.6) is 0 Å². The van der Waals surface area contributed by atoms with Crippen molar-refractivity contribution in [1.29, 1.82) is 0 Å². The van der Waals surface area contributed by atoms with Crippen molar-refractivity contribution in [3.05, 3.63) is 34.9 Å². The van der Waals surface area contributed by atoms with E-state index < -0.39 is 9.84 Å². The fourth-order valence-corrected chi connectivity index (χ4v) is 3.96. The number of halogens is 1. The van der Waals surface area contributed by atoms with Gasteiger partial charge in [0.05, 0.1) is 12.5 Å². The minimum Gasteiger partial charge on any atom is -0.478 e. The number of benzene rings is 1. The first-order chi connectivity index (χ1) is 10.1. The standard InChI is InChI=1S/C13H14ClN3O3S/c14-10-3-1-9(2-4-10)11-7-16-17-13(11)21(18,19)8-12-15-5-6-20-12/h1-4,11,16H,5-8H2. The zero-order chi connectivity index (χ0) is 14.9. The lowest BCUT2D eigenvalue weighted by Crippen LogP contribution is -2.27. The highest BCUT2D eigenvalue weighted by Crippen LogP contribution is 2.25. The summed E-state index contributed by atoms with van der Waals surface area (Å²) in [6.45, 7) is 1.40. The molecule has 1 aromatic rings. The number of hydrogen-bond acceptors (Lipinski definition) is 6. The van der Waals surface area contributed by atoms with Crippen LogP contribution in [0.3, 0.4) is 0 Å². The molecule has 0 amide bonds. The number of hydrogen-bond donors (Lipinski definition) is 1. The predicted octanol–water partition coefficient (Wildman–Crippen LogP) is 1.18. The van der Waals surface area contributed by atoms with Gasteiger partial charge in [0.25, 0.3) is 0 Å². The Morgan fingerprint density at radius 2 is 2.10 bits per heavy atom. The number of hydrazone groups is 1. The molecule has 1 atom stereocenters. The van der Waals surface area contributed by atoms with Crippen molar-refractivity contribution in [2.24, 2.45) is 10.1 Å². The third kappa shape index (κ3) is 3.03. The lowest BCUT2D eigenvalue weighted by atomic mass is 10.0. The molecule has 2 heterocycles. The second kappa shape index (κ2) is 5.65. The van der Waals surface area contributed by atoms with E-state index in [4.69, 9.17) is 16.3 Å². The van der Waals surface area contributed by atoms with Gasteiger partial charge in [-0.05, 0) is 17.7 Å². The van der Waals surface area contributed by atoms with Crippen molar-refractivity contribution in [1.82, 2.24) is 5.43 Å². The maximum atomic E-state index is 12.5. The molecule has 0 saturated carbocycles. The van der Waals surface area contributed by atoms with Crippen LogP contribution in [0.15, 0.2) is 34.4 Å². The smallest absolute Gasteiger partial charge is 0.203 e. The van der Waals surface area contributed by atoms with Gasteiger partial charge in [0.2, 0.25) is 9.84 Å². The summed E-state index contributed by atoms with van der Waals surface area (Å²) in [6, 6.07) is 7.11. The fraction of sp³-hybridized carbons (Fsp3) is 0.385. The van der Waals surface area contributed by atoms with Gasteiger partial charge in [-0.25, -0.2) is 8.42 Å². The van der Waals surface area contributed by atoms with Gasteiger partial charge in [-0.1, -0.05) is 23.7 Å². The van der Waals surface area contributed by atoms with E-state index >= 15 is 0 Å². The van der Waals surface area contributed by atoms with Gasteiger partial charge in [-0.15, -0.1) is 0 Å². The van der Waals surface area contributed by atoms with Crippen LogP contribution in [0.1, 0.15) is 11.5 Å². The molecule has 1 N–H and O–H groups in total. The van der Waals surface area contributed by atoms with E-state index in [1.807, 2.05) is 12.1 Å². The molecule has 0 aromatic heterocycles. The molecule has 2 aliphatic rings. The molecule has 6 nitrogen and oxygen atoms in total. The summed E-state index contributed by atoms with van der Waals surface area (Å²) < 4.78 is 30.1. The number of rotatable bonds is 3. The Hall–Kier alpha value is -1.60. The summed E-state index contributed by atoms with van der Waals surface area (Å²) in [6.07, 6.45) is 0. The number of nitrogens with zero attached hydrogens (tertiary/aromatic N) is 2. The van der Waals surface area contributed by atoms with Crippen LogP contribution in [0.25, 0.3) is 0 Å². The third-order valence-corrected chi connectivity index (χ3v) is 5.23. The van der Waals surface area contributed by atoms with E-state index in [0.29, 0.717) is 24.7 Å². The van der Waals surface area contributed by atoms with Gasteiger partial charge in [-0.2, -0.15) is 5.10 Å². The topological polar surface area (TPSA) is 80.1 Å². The fourth-order valence-electron chi connectivity index (χ4n) is 2.33. The summed E-state index contributed by atoms with van der Waals surface area (Å²) >= 11 is 5.86. The van der Waals surface area contributed by atoms with E-state index in [1.54, 1.807) is 12.1 Å². The van der Waals surface area contributed by atoms with Crippen LogP contribution in [-0.4, -0.2) is 44.8 Å². The molecule has 1 unspecified atom stereocenters. The number of sulfone groups is 1. The van der Waals surface area contributed by atoms with Crippen molar-refractivity contribution < 1.29 is 13.2 Å². The van der Waals surface area contributed by atoms with E-state index in [2.05, 4.69) is 15.5 Å². The molecule has 0 fully saturated rings. The van der Waals surface area contributed by atoms with Crippen LogP contribution < -0.4 is 5.43 Å². The average molecular weight is 328 g/mol. The first-order valence-electron chi connectivity index (χ1n) is 6.51. The highest BCUT2D eigenvalue weighted by Gasteiger charge is 2.35. The summed E-state index contributed by atoms with van der Waals surface area (Å²) in [5.74, 6) is -0.286. The van der Waals surface area contributed by atoms with Gasteiger partial charge in [-0.3, -0.25) is 4.99 Å². The molecule has 2 aliphatic heterocycles. The second-order valence-corrected chi connectivity index (χ2v) is 7.17. The number of ether oxygens (including phenoxy) is 1. The van der Waals surface area contributed by atoms with Crippen molar-refractivity contribution in [2.45, 2.75) is 5.92 Å². The zero-order valence-corrected chi connectivity index (χ0v) is 12.7. The Bertz CT molecular complexity index is 698. The molecule has 0 saturated heterocycles. The molecule has 0 aliphatic carbocycles. The van der Waals surface area contributed by atoms with Crippen LogP contribution in [0, 0.1) is 0 Å². The van der Waals surface area contributed by atoms with Crippen LogP contribution in [-0.2, 0) is 14.6 Å². The van der Waals surface area contributed by atoms with Crippen molar-refractivity contribution >= 4 is 32.4 Å². The van der Waals surface area contributed by atoms with E-state index in [-0.39, 0.29) is 22.6 Å². The largest absolute Gasteiger partial charge is 0.478 e. The molecule has 1 aromatic carbocycles. The molecular formula is C13H14ClN3O3S. The van der Waals surface area contributed by atoms with Gasteiger partial charge in [0.15, 0.2) is 10.9 Å². The normalized spacial score (nSPS) is 21.5. The minimum absolute atomic E-state index is 0.128. The summed E-state index contributed by atoms with van der Waals surface area (Å²) in [7, 11) is -3.55. The van der Waals surface area contributed by atoms with Crippen molar-refractivity contribution in [2.75, 3.05) is 25.4 Å². The maximum absolute atomic E-state index is 12.5. The first kappa shape index (κ1) is 14.3. The Morgan fingerprint density at radius 3 is 2.76 bits per heavy atom. The minimum atomic E-state index is -3.55. The Balaban J connectivity index is 1.84. The molecule has 0 bridgehead atoms. The third-order valence-electron chi connectivity index (χ3n) is 3.34. The second-order valence-electron chi connectivity index (χ2n) is 4.80. The van der Waals surface area contributed by atoms with Gasteiger partial charge in [0, 0.05) is 11.6 Å². The SMILES string of the molecule is O=S(=O)(CC1=NCCO1)C1=NNCC1c1ccc(Cl)cc1. The Labute approximate surface area is 127 Å². The quantitative estimate of drug-likeness (QED) is 0.904. The summed E-state index contributed by atoms with van der Waals surface area (Å²) in [5, 5.41) is 4.70. The monoisotopic (exact) mass is 327 g/mol. The van der Waals surface area contributed by atoms with E-state index in [1.165, 1.54) is 0 Å². The molecule has 0 radical (unpaired) electrons. The van der Waals surface area contributed by atoms with Crippen LogP contribution >= 0.6 is 11.6 Å². The zero-order valence-electron chi connectivity index (χ0n) is 11.1. The highest BCUT2D eigenvalue weighted by atomic mass is 35.5. The lowest BCUT2D eigenvalue weighted by molar-refractivity contribution is 0.345. The van der Waals surface area contributed by atoms with E-state index in [9.17, 15) is 8.42 Å².